The van der Waals surface area contributed by atoms with Crippen LogP contribution in [-0.2, 0) is 4.74 Å². The standard InChI is InChI=1S/C22H26N4O3/c1-29-22(28)19-11-17(15-3-2-4-16(9-15)20(23)24)10-18(12-19)21(27)26-13-14-5-7-25-8-6-14/h2-4,9-12,14,25H,5-8,13H2,1H3,(H3,23,24)(H,26,27). The van der Waals surface area contributed by atoms with Gasteiger partial charge in [0.25, 0.3) is 5.91 Å². The molecule has 1 heterocycles. The summed E-state index contributed by atoms with van der Waals surface area (Å²) in [6.45, 7) is 2.54. The molecule has 0 saturated carbocycles. The lowest BCUT2D eigenvalue weighted by atomic mass is 9.96. The number of carbonyl (C=O) groups is 2. The van der Waals surface area contributed by atoms with E-state index >= 15 is 0 Å². The van der Waals surface area contributed by atoms with E-state index in [1.54, 1.807) is 36.4 Å². The van der Waals surface area contributed by atoms with Gasteiger partial charge >= 0.3 is 5.97 Å². The van der Waals surface area contributed by atoms with Gasteiger partial charge in [0.2, 0.25) is 0 Å². The first-order chi connectivity index (χ1) is 14.0. The Bertz CT molecular complexity index is 920. The van der Waals surface area contributed by atoms with Crippen molar-refractivity contribution < 1.29 is 14.3 Å². The topological polar surface area (TPSA) is 117 Å². The highest BCUT2D eigenvalue weighted by atomic mass is 16.5. The first-order valence-electron chi connectivity index (χ1n) is 9.65. The van der Waals surface area contributed by atoms with E-state index < -0.39 is 5.97 Å². The fraction of sp³-hybridized carbons (Fsp3) is 0.318. The molecule has 0 aromatic heterocycles. The van der Waals surface area contributed by atoms with Crippen LogP contribution in [0.2, 0.25) is 0 Å². The fourth-order valence-electron chi connectivity index (χ4n) is 3.45. The highest BCUT2D eigenvalue weighted by Gasteiger charge is 2.17. The molecule has 7 heteroatoms. The molecule has 0 spiro atoms. The van der Waals surface area contributed by atoms with Crippen LogP contribution in [0.25, 0.3) is 11.1 Å². The largest absolute Gasteiger partial charge is 0.465 e. The molecule has 3 rings (SSSR count). The van der Waals surface area contributed by atoms with Gasteiger partial charge in [-0.05, 0) is 67.2 Å². The normalized spacial score (nSPS) is 14.2. The van der Waals surface area contributed by atoms with Gasteiger partial charge in [-0.2, -0.15) is 0 Å². The van der Waals surface area contributed by atoms with Crippen molar-refractivity contribution in [2.24, 2.45) is 11.7 Å². The predicted octanol–water partition coefficient (Wildman–Crippen LogP) is 2.15. The summed E-state index contributed by atoms with van der Waals surface area (Å²) in [5.74, 6) is -0.327. The van der Waals surface area contributed by atoms with Crippen molar-refractivity contribution in [3.63, 3.8) is 0 Å². The number of amidine groups is 1. The van der Waals surface area contributed by atoms with Gasteiger partial charge in [-0.15, -0.1) is 0 Å². The van der Waals surface area contributed by atoms with Crippen molar-refractivity contribution in [1.29, 1.82) is 5.41 Å². The number of piperidine rings is 1. The molecule has 5 N–H and O–H groups in total. The van der Waals surface area contributed by atoms with Crippen LogP contribution in [0, 0.1) is 11.3 Å². The van der Waals surface area contributed by atoms with Crippen molar-refractivity contribution in [2.45, 2.75) is 12.8 Å². The maximum Gasteiger partial charge on any atom is 0.337 e. The molecular formula is C22H26N4O3. The van der Waals surface area contributed by atoms with Crippen molar-refractivity contribution >= 4 is 17.7 Å². The Hall–Kier alpha value is -3.19. The smallest absolute Gasteiger partial charge is 0.337 e. The Kier molecular flexibility index (Phi) is 6.61. The Balaban J connectivity index is 1.89. The lowest BCUT2D eigenvalue weighted by molar-refractivity contribution is 0.0600. The van der Waals surface area contributed by atoms with Crippen LogP contribution in [-0.4, -0.2) is 44.5 Å². The number of amides is 1. The Morgan fingerprint density at radius 2 is 1.79 bits per heavy atom. The third kappa shape index (κ3) is 5.20. The van der Waals surface area contributed by atoms with Gasteiger partial charge in [0.05, 0.1) is 12.7 Å². The van der Waals surface area contributed by atoms with Gasteiger partial charge in [0.15, 0.2) is 0 Å². The molecule has 0 aliphatic carbocycles. The van der Waals surface area contributed by atoms with Gasteiger partial charge in [-0.25, -0.2) is 4.79 Å². The van der Waals surface area contributed by atoms with Crippen LogP contribution in [0.1, 0.15) is 39.1 Å². The van der Waals surface area contributed by atoms with Crippen molar-refractivity contribution in [1.82, 2.24) is 10.6 Å². The Morgan fingerprint density at radius 3 is 2.48 bits per heavy atom. The third-order valence-electron chi connectivity index (χ3n) is 5.13. The number of rotatable bonds is 6. The monoisotopic (exact) mass is 394 g/mol. The van der Waals surface area contributed by atoms with Gasteiger partial charge in [0.1, 0.15) is 5.84 Å². The summed E-state index contributed by atoms with van der Waals surface area (Å²) in [7, 11) is 1.31. The van der Waals surface area contributed by atoms with E-state index in [2.05, 4.69) is 10.6 Å². The number of hydrogen-bond acceptors (Lipinski definition) is 5. The Morgan fingerprint density at radius 1 is 1.10 bits per heavy atom. The zero-order valence-corrected chi connectivity index (χ0v) is 16.5. The first-order valence-corrected chi connectivity index (χ1v) is 9.65. The van der Waals surface area contributed by atoms with Crippen LogP contribution in [0.5, 0.6) is 0 Å². The summed E-state index contributed by atoms with van der Waals surface area (Å²) in [5, 5.41) is 13.9. The molecular weight excluding hydrogens is 368 g/mol. The molecule has 0 bridgehead atoms. The number of nitrogens with two attached hydrogens (primary N) is 1. The van der Waals surface area contributed by atoms with Gasteiger partial charge in [0, 0.05) is 17.7 Å². The first kappa shape index (κ1) is 20.5. The maximum absolute atomic E-state index is 12.8. The van der Waals surface area contributed by atoms with E-state index in [0.717, 1.165) is 31.5 Å². The minimum absolute atomic E-state index is 0.0455. The van der Waals surface area contributed by atoms with Crippen LogP contribution in [0.3, 0.4) is 0 Å². The van der Waals surface area contributed by atoms with E-state index in [0.29, 0.717) is 34.7 Å². The van der Waals surface area contributed by atoms with E-state index in [9.17, 15) is 9.59 Å². The molecule has 0 atom stereocenters. The highest BCUT2D eigenvalue weighted by Crippen LogP contribution is 2.24. The van der Waals surface area contributed by atoms with E-state index in [1.165, 1.54) is 7.11 Å². The maximum atomic E-state index is 12.8. The number of benzene rings is 2. The van der Waals surface area contributed by atoms with E-state index in [-0.39, 0.29) is 11.7 Å². The quantitative estimate of drug-likeness (QED) is 0.340. The third-order valence-corrected chi connectivity index (χ3v) is 5.13. The molecule has 7 nitrogen and oxygen atoms in total. The molecule has 1 aliphatic heterocycles. The van der Waals surface area contributed by atoms with Crippen molar-refractivity contribution in [2.75, 3.05) is 26.7 Å². The number of ether oxygens (including phenoxy) is 1. The second-order valence-electron chi connectivity index (χ2n) is 7.19. The van der Waals surface area contributed by atoms with Gasteiger partial charge in [-0.1, -0.05) is 18.2 Å². The summed E-state index contributed by atoms with van der Waals surface area (Å²) in [5.41, 5.74) is 8.30. The second-order valence-corrected chi connectivity index (χ2v) is 7.19. The molecule has 152 valence electrons. The number of nitrogen functional groups attached to an aromatic ring is 1. The lowest BCUT2D eigenvalue weighted by Gasteiger charge is -2.22. The fourth-order valence-corrected chi connectivity index (χ4v) is 3.45. The number of nitrogens with one attached hydrogen (secondary N) is 3. The molecule has 2 aromatic carbocycles. The minimum atomic E-state index is -0.512. The molecule has 0 radical (unpaired) electrons. The second kappa shape index (κ2) is 9.34. The van der Waals surface area contributed by atoms with Crippen LogP contribution < -0.4 is 16.4 Å². The number of carbonyl (C=O) groups excluding carboxylic acids is 2. The van der Waals surface area contributed by atoms with Crippen LogP contribution in [0.15, 0.2) is 42.5 Å². The molecule has 1 amide bonds. The zero-order chi connectivity index (χ0) is 20.8. The lowest BCUT2D eigenvalue weighted by Crippen LogP contribution is -2.36. The average Bonchev–Trinajstić information content (AvgIpc) is 2.77. The van der Waals surface area contributed by atoms with E-state index in [4.69, 9.17) is 15.9 Å². The molecule has 29 heavy (non-hydrogen) atoms. The molecule has 1 fully saturated rings. The van der Waals surface area contributed by atoms with Gasteiger partial charge in [-0.3, -0.25) is 10.2 Å². The molecule has 1 saturated heterocycles. The van der Waals surface area contributed by atoms with Gasteiger partial charge < -0.3 is 21.1 Å². The zero-order valence-electron chi connectivity index (χ0n) is 16.5. The predicted molar refractivity (Wildman–Crippen MR) is 112 cm³/mol. The van der Waals surface area contributed by atoms with Crippen LogP contribution >= 0.6 is 0 Å². The SMILES string of the molecule is COC(=O)c1cc(C(=O)NCC2CCNCC2)cc(-c2cccc(C(=N)N)c2)c1. The summed E-state index contributed by atoms with van der Waals surface area (Å²) < 4.78 is 4.85. The molecule has 2 aromatic rings. The summed E-state index contributed by atoms with van der Waals surface area (Å²) in [6, 6.07) is 12.1. The number of methoxy groups -OCH3 is 1. The highest BCUT2D eigenvalue weighted by molar-refractivity contribution is 6.00. The summed E-state index contributed by atoms with van der Waals surface area (Å²) in [4.78, 5) is 24.9. The Labute approximate surface area is 170 Å². The number of hydrogen-bond donors (Lipinski definition) is 4. The average molecular weight is 394 g/mol. The molecule has 1 aliphatic rings. The minimum Gasteiger partial charge on any atom is -0.465 e. The van der Waals surface area contributed by atoms with Crippen molar-refractivity contribution in [3.8, 4) is 11.1 Å². The summed E-state index contributed by atoms with van der Waals surface area (Å²) in [6.07, 6.45) is 2.07. The van der Waals surface area contributed by atoms with E-state index in [1.807, 2.05) is 6.07 Å². The molecule has 0 unspecified atom stereocenters. The number of esters is 1. The van der Waals surface area contributed by atoms with Crippen LogP contribution in [0.4, 0.5) is 0 Å². The van der Waals surface area contributed by atoms with Crippen molar-refractivity contribution in [3.05, 3.63) is 59.2 Å². The summed E-state index contributed by atoms with van der Waals surface area (Å²) >= 11 is 0.